The van der Waals surface area contributed by atoms with Crippen LogP contribution in [0.2, 0.25) is 0 Å². The molecule has 0 bridgehead atoms. The summed E-state index contributed by atoms with van der Waals surface area (Å²) < 4.78 is 0. The van der Waals surface area contributed by atoms with Crippen molar-refractivity contribution in [3.8, 4) is 0 Å². The second kappa shape index (κ2) is 11.2. The number of aliphatic carboxylic acids is 2. The maximum Gasteiger partial charge on any atom is 0.320 e. The second-order valence-corrected chi connectivity index (χ2v) is 3.75. The highest BCUT2D eigenvalue weighted by Gasteiger charge is 2.09. The predicted molar refractivity (Wildman–Crippen MR) is 71.4 cm³/mol. The molecule has 0 radical (unpaired) electrons. The fourth-order valence-electron chi connectivity index (χ4n) is 0.817. The first-order valence-corrected chi connectivity index (χ1v) is 5.74. The Labute approximate surface area is 111 Å². The summed E-state index contributed by atoms with van der Waals surface area (Å²) in [6.07, 6.45) is 1.45. The summed E-state index contributed by atoms with van der Waals surface area (Å²) in [6, 6.07) is -1.50. The fourth-order valence-corrected chi connectivity index (χ4v) is 0.817. The molecule has 2 atom stereocenters. The fraction of sp³-hybridized carbons (Fsp3) is 0.700. The molecule has 0 aromatic heterocycles. The van der Waals surface area contributed by atoms with Crippen LogP contribution in [0, 0.1) is 0 Å². The molecule has 10 N–H and O–H groups in total. The molecule has 0 aliphatic carbocycles. The van der Waals surface area contributed by atoms with Crippen LogP contribution in [0.1, 0.15) is 26.2 Å². The van der Waals surface area contributed by atoms with Gasteiger partial charge in [-0.15, -0.1) is 0 Å². The first-order chi connectivity index (χ1) is 8.72. The van der Waals surface area contributed by atoms with Gasteiger partial charge in [-0.3, -0.25) is 14.6 Å². The van der Waals surface area contributed by atoms with E-state index in [4.69, 9.17) is 33.1 Å². The summed E-state index contributed by atoms with van der Waals surface area (Å²) in [5.41, 5.74) is 20.3. The minimum atomic E-state index is -1.00. The molecular weight excluding hydrogens is 254 g/mol. The molecule has 0 unspecified atom stereocenters. The lowest BCUT2D eigenvalue weighted by Gasteiger charge is -2.03. The molecule has 0 fully saturated rings. The third-order valence-corrected chi connectivity index (χ3v) is 2.04. The van der Waals surface area contributed by atoms with E-state index in [0.29, 0.717) is 25.8 Å². The van der Waals surface area contributed by atoms with Crippen molar-refractivity contribution < 1.29 is 19.8 Å². The Hall–Kier alpha value is -1.87. The van der Waals surface area contributed by atoms with Crippen LogP contribution < -0.4 is 22.9 Å². The van der Waals surface area contributed by atoms with E-state index >= 15 is 0 Å². The lowest BCUT2D eigenvalue weighted by molar-refractivity contribution is -0.139. The van der Waals surface area contributed by atoms with Crippen LogP contribution in [-0.2, 0) is 9.59 Å². The van der Waals surface area contributed by atoms with Crippen molar-refractivity contribution in [2.45, 2.75) is 38.3 Å². The van der Waals surface area contributed by atoms with Crippen LogP contribution in [0.25, 0.3) is 0 Å². The molecule has 0 aliphatic heterocycles. The minimum absolute atomic E-state index is 0.0129. The highest BCUT2D eigenvalue weighted by Crippen LogP contribution is 1.94. The van der Waals surface area contributed by atoms with E-state index in [1.165, 1.54) is 0 Å². The van der Waals surface area contributed by atoms with Crippen molar-refractivity contribution in [1.82, 2.24) is 0 Å². The first-order valence-electron chi connectivity index (χ1n) is 5.74. The lowest BCUT2D eigenvalue weighted by atomic mass is 10.2. The Balaban J connectivity index is 0. The van der Waals surface area contributed by atoms with Gasteiger partial charge in [-0.05, 0) is 19.3 Å². The van der Waals surface area contributed by atoms with Crippen LogP contribution >= 0.6 is 0 Å². The van der Waals surface area contributed by atoms with Crippen molar-refractivity contribution in [3.05, 3.63) is 0 Å². The summed E-state index contributed by atoms with van der Waals surface area (Å²) in [4.78, 5) is 23.7. The van der Waals surface area contributed by atoms with E-state index < -0.39 is 24.0 Å². The summed E-state index contributed by atoms with van der Waals surface area (Å²) in [5, 5.41) is 16.4. The smallest absolute Gasteiger partial charge is 0.320 e. The van der Waals surface area contributed by atoms with Crippen LogP contribution in [0.3, 0.4) is 0 Å². The summed E-state index contributed by atoms with van der Waals surface area (Å²) >= 11 is 0. The molecular formula is C10H23N5O4. The molecule has 0 aliphatic rings. The van der Waals surface area contributed by atoms with E-state index in [0.717, 1.165) is 0 Å². The van der Waals surface area contributed by atoms with Crippen LogP contribution in [-0.4, -0.2) is 46.7 Å². The maximum absolute atomic E-state index is 10.2. The number of carboxylic acid groups (broad SMARTS) is 2. The predicted octanol–water partition coefficient (Wildman–Crippen LogP) is -1.74. The van der Waals surface area contributed by atoms with Gasteiger partial charge in [0.25, 0.3) is 0 Å². The molecule has 0 aromatic carbocycles. The van der Waals surface area contributed by atoms with Gasteiger partial charge in [-0.2, -0.15) is 0 Å². The van der Waals surface area contributed by atoms with Gasteiger partial charge in [0.15, 0.2) is 5.96 Å². The Morgan fingerprint density at radius 3 is 1.84 bits per heavy atom. The zero-order chi connectivity index (χ0) is 15.4. The van der Waals surface area contributed by atoms with E-state index in [2.05, 4.69) is 4.99 Å². The zero-order valence-corrected chi connectivity index (χ0v) is 11.0. The molecule has 112 valence electrons. The Morgan fingerprint density at radius 1 is 1.11 bits per heavy atom. The Morgan fingerprint density at radius 2 is 1.58 bits per heavy atom. The van der Waals surface area contributed by atoms with Gasteiger partial charge in [0.05, 0.1) is 0 Å². The molecule has 0 amide bonds. The van der Waals surface area contributed by atoms with Crippen molar-refractivity contribution in [2.24, 2.45) is 27.9 Å². The second-order valence-electron chi connectivity index (χ2n) is 3.75. The van der Waals surface area contributed by atoms with Gasteiger partial charge in [-0.25, -0.2) is 0 Å². The van der Waals surface area contributed by atoms with Gasteiger partial charge in [-0.1, -0.05) is 6.92 Å². The monoisotopic (exact) mass is 277 g/mol. The average molecular weight is 277 g/mol. The van der Waals surface area contributed by atoms with Gasteiger partial charge in [0.1, 0.15) is 12.1 Å². The Kier molecular flexibility index (Phi) is 11.5. The quantitative estimate of drug-likeness (QED) is 0.179. The highest BCUT2D eigenvalue weighted by atomic mass is 16.4. The number of hydrogen-bond donors (Lipinski definition) is 6. The first kappa shape index (κ1) is 19.5. The molecule has 19 heavy (non-hydrogen) atoms. The lowest BCUT2D eigenvalue weighted by Crippen LogP contribution is -2.30. The molecule has 0 aromatic rings. The summed E-state index contributed by atoms with van der Waals surface area (Å²) in [6.45, 7) is 2.15. The molecule has 9 heteroatoms. The third-order valence-electron chi connectivity index (χ3n) is 2.04. The Bertz CT molecular complexity index is 304. The summed E-state index contributed by atoms with van der Waals surface area (Å²) in [7, 11) is 0. The normalized spacial score (nSPS) is 12.6. The van der Waals surface area contributed by atoms with Crippen LogP contribution in [0.5, 0.6) is 0 Å². The number of nitrogens with two attached hydrogens (primary N) is 4. The maximum atomic E-state index is 10.2. The zero-order valence-electron chi connectivity index (χ0n) is 11.0. The van der Waals surface area contributed by atoms with Crippen molar-refractivity contribution in [3.63, 3.8) is 0 Å². The van der Waals surface area contributed by atoms with E-state index in [-0.39, 0.29) is 5.96 Å². The molecule has 0 saturated heterocycles. The van der Waals surface area contributed by atoms with Gasteiger partial charge < -0.3 is 33.1 Å². The van der Waals surface area contributed by atoms with Crippen molar-refractivity contribution in [2.75, 3.05) is 6.54 Å². The topological polar surface area (TPSA) is 191 Å². The number of guanidine groups is 1. The van der Waals surface area contributed by atoms with Crippen molar-refractivity contribution in [1.29, 1.82) is 0 Å². The number of aliphatic imine (C=N–C) groups is 1. The number of hydrogen-bond acceptors (Lipinski definition) is 5. The highest BCUT2D eigenvalue weighted by molar-refractivity contribution is 5.75. The third kappa shape index (κ3) is 14.1. The number of carboxylic acids is 2. The average Bonchev–Trinajstić information content (AvgIpc) is 2.33. The molecule has 0 spiro atoms. The number of nitrogens with zero attached hydrogens (tertiary/aromatic N) is 1. The van der Waals surface area contributed by atoms with Crippen LogP contribution in [0.15, 0.2) is 4.99 Å². The SMILES string of the molecule is CC[C@H](N)C(=O)O.NC(N)=NCCC[C@H](N)C(=O)O. The van der Waals surface area contributed by atoms with E-state index in [1.54, 1.807) is 6.92 Å². The minimum Gasteiger partial charge on any atom is -0.480 e. The molecule has 0 saturated carbocycles. The largest absolute Gasteiger partial charge is 0.480 e. The van der Waals surface area contributed by atoms with Gasteiger partial charge in [0.2, 0.25) is 0 Å². The summed E-state index contributed by atoms with van der Waals surface area (Å²) in [5.74, 6) is -1.92. The van der Waals surface area contributed by atoms with Crippen molar-refractivity contribution >= 4 is 17.9 Å². The van der Waals surface area contributed by atoms with Gasteiger partial charge >= 0.3 is 11.9 Å². The van der Waals surface area contributed by atoms with Gasteiger partial charge in [0, 0.05) is 6.54 Å². The van der Waals surface area contributed by atoms with E-state index in [9.17, 15) is 9.59 Å². The van der Waals surface area contributed by atoms with E-state index in [1.807, 2.05) is 0 Å². The standard InChI is InChI=1S/C6H14N4O2.C4H9NO2/c7-4(5(11)12)2-1-3-10-6(8)9;1-2-3(5)4(6)7/h4H,1-3,7H2,(H,11,12)(H4,8,9,10);3H,2,5H2,1H3,(H,6,7)/t4-;3-/m00/s1. The number of rotatable bonds is 7. The molecule has 0 heterocycles. The molecule has 0 rings (SSSR count). The molecule has 9 nitrogen and oxygen atoms in total. The van der Waals surface area contributed by atoms with Crippen LogP contribution in [0.4, 0.5) is 0 Å². The number of carbonyl (C=O) groups is 2.